The summed E-state index contributed by atoms with van der Waals surface area (Å²) >= 11 is 0. The molecule has 1 aromatic rings. The summed E-state index contributed by atoms with van der Waals surface area (Å²) in [4.78, 5) is 7.11. The normalized spacial score (nSPS) is 16.7. The fourth-order valence-electron chi connectivity index (χ4n) is 3.21. The van der Waals surface area contributed by atoms with E-state index in [0.29, 0.717) is 25.9 Å². The molecule has 6 heteroatoms. The zero-order valence-electron chi connectivity index (χ0n) is 16.5. The van der Waals surface area contributed by atoms with E-state index in [-0.39, 0.29) is 0 Å². The minimum absolute atomic E-state index is 0.554. The van der Waals surface area contributed by atoms with Gasteiger partial charge >= 0.3 is 0 Å². The zero-order valence-corrected chi connectivity index (χ0v) is 16.5. The summed E-state index contributed by atoms with van der Waals surface area (Å²) in [7, 11) is 1.68. The molecule has 1 aliphatic heterocycles. The summed E-state index contributed by atoms with van der Waals surface area (Å²) in [5.74, 6) is 0.879. The standard InChI is InChI=1S/C20H34N4O2/c1-4-21-20(22-10-7-13-26-15-14-25-3)23-11-12-24-17(2)16-18-8-5-6-9-19(18)24/h5-6,8-9,17H,4,7,10-16H2,1-3H3,(H2,21,22,23). The molecule has 2 N–H and O–H groups in total. The summed E-state index contributed by atoms with van der Waals surface area (Å²) in [6.45, 7) is 9.85. The van der Waals surface area contributed by atoms with E-state index in [9.17, 15) is 0 Å². The van der Waals surface area contributed by atoms with Gasteiger partial charge in [0.1, 0.15) is 0 Å². The number of methoxy groups -OCH3 is 1. The van der Waals surface area contributed by atoms with Crippen molar-refractivity contribution in [2.24, 2.45) is 4.99 Å². The van der Waals surface area contributed by atoms with E-state index >= 15 is 0 Å². The maximum atomic E-state index is 5.47. The van der Waals surface area contributed by atoms with E-state index in [0.717, 1.165) is 45.0 Å². The van der Waals surface area contributed by atoms with Gasteiger partial charge in [0.25, 0.3) is 0 Å². The number of para-hydroxylation sites is 1. The van der Waals surface area contributed by atoms with Gasteiger partial charge in [0.2, 0.25) is 0 Å². The Labute approximate surface area is 158 Å². The molecule has 0 radical (unpaired) electrons. The Bertz CT molecular complexity index is 550. The number of hydrogen-bond donors (Lipinski definition) is 2. The van der Waals surface area contributed by atoms with Crippen LogP contribution >= 0.6 is 0 Å². The highest BCUT2D eigenvalue weighted by atomic mass is 16.5. The smallest absolute Gasteiger partial charge is 0.191 e. The third-order valence-electron chi connectivity index (χ3n) is 4.49. The maximum absolute atomic E-state index is 5.47. The molecule has 6 nitrogen and oxygen atoms in total. The molecule has 2 rings (SSSR count). The fraction of sp³-hybridized carbons (Fsp3) is 0.650. The minimum atomic E-state index is 0.554. The molecule has 146 valence electrons. The number of fused-ring (bicyclic) bond motifs is 1. The van der Waals surface area contributed by atoms with E-state index in [2.05, 4.69) is 58.6 Å². The van der Waals surface area contributed by atoms with Gasteiger partial charge in [0, 0.05) is 51.6 Å². The first-order valence-electron chi connectivity index (χ1n) is 9.69. The molecule has 0 bridgehead atoms. The van der Waals surface area contributed by atoms with Crippen LogP contribution in [-0.2, 0) is 15.9 Å². The Kier molecular flexibility index (Phi) is 9.28. The zero-order chi connectivity index (χ0) is 18.6. The maximum Gasteiger partial charge on any atom is 0.191 e. The molecule has 0 aromatic heterocycles. The summed E-state index contributed by atoms with van der Waals surface area (Å²) < 4.78 is 10.4. The largest absolute Gasteiger partial charge is 0.382 e. The number of hydrogen-bond acceptors (Lipinski definition) is 4. The van der Waals surface area contributed by atoms with Crippen molar-refractivity contribution in [3.8, 4) is 0 Å². The lowest BCUT2D eigenvalue weighted by atomic mass is 10.1. The van der Waals surface area contributed by atoms with Gasteiger partial charge < -0.3 is 25.0 Å². The van der Waals surface area contributed by atoms with Crippen molar-refractivity contribution in [2.45, 2.75) is 32.7 Å². The molecule has 0 spiro atoms. The number of guanidine groups is 1. The molecule has 1 atom stereocenters. The Hall–Kier alpha value is -1.79. The number of nitrogens with zero attached hydrogens (tertiary/aromatic N) is 2. The molecule has 0 aliphatic carbocycles. The first kappa shape index (κ1) is 20.5. The number of nitrogens with one attached hydrogen (secondary N) is 2. The molecule has 0 fully saturated rings. The lowest BCUT2D eigenvalue weighted by Crippen LogP contribution is -2.43. The summed E-state index contributed by atoms with van der Waals surface area (Å²) in [6.07, 6.45) is 2.05. The third kappa shape index (κ3) is 6.50. The molecule has 0 saturated heterocycles. The first-order chi connectivity index (χ1) is 12.8. The van der Waals surface area contributed by atoms with Crippen molar-refractivity contribution < 1.29 is 9.47 Å². The fourth-order valence-corrected chi connectivity index (χ4v) is 3.21. The number of ether oxygens (including phenoxy) is 2. The Morgan fingerprint density at radius 3 is 2.88 bits per heavy atom. The van der Waals surface area contributed by atoms with Gasteiger partial charge in [-0.05, 0) is 38.3 Å². The first-order valence-corrected chi connectivity index (χ1v) is 9.69. The Morgan fingerprint density at radius 1 is 1.23 bits per heavy atom. The summed E-state index contributed by atoms with van der Waals surface area (Å²) in [5, 5.41) is 6.76. The molecular formula is C20H34N4O2. The molecule has 0 amide bonds. The monoisotopic (exact) mass is 362 g/mol. The molecule has 1 aliphatic rings. The predicted octanol–water partition coefficient (Wildman–Crippen LogP) is 2.05. The van der Waals surface area contributed by atoms with Gasteiger partial charge in [-0.1, -0.05) is 18.2 Å². The third-order valence-corrected chi connectivity index (χ3v) is 4.49. The molecule has 1 unspecified atom stereocenters. The Morgan fingerprint density at radius 2 is 2.08 bits per heavy atom. The van der Waals surface area contributed by atoms with Crippen LogP contribution in [0.4, 0.5) is 5.69 Å². The lowest BCUT2D eigenvalue weighted by Gasteiger charge is -2.25. The number of anilines is 1. The quantitative estimate of drug-likeness (QED) is 0.358. The van der Waals surface area contributed by atoms with Gasteiger partial charge in [-0.3, -0.25) is 4.99 Å². The van der Waals surface area contributed by atoms with Gasteiger partial charge in [0.15, 0.2) is 5.96 Å². The highest BCUT2D eigenvalue weighted by Gasteiger charge is 2.24. The van der Waals surface area contributed by atoms with Crippen LogP contribution in [0.3, 0.4) is 0 Å². The topological polar surface area (TPSA) is 58.1 Å². The van der Waals surface area contributed by atoms with Crippen molar-refractivity contribution in [3.63, 3.8) is 0 Å². The van der Waals surface area contributed by atoms with Crippen molar-refractivity contribution in [3.05, 3.63) is 29.8 Å². The number of benzene rings is 1. The predicted molar refractivity (Wildman–Crippen MR) is 108 cm³/mol. The van der Waals surface area contributed by atoms with Crippen LogP contribution < -0.4 is 15.5 Å². The molecule has 1 heterocycles. The van der Waals surface area contributed by atoms with Crippen LogP contribution in [0, 0.1) is 0 Å². The SMILES string of the molecule is CCNC(=NCCCOCCOC)NCCN1c2ccccc2CC1C. The van der Waals surface area contributed by atoms with Crippen molar-refractivity contribution >= 4 is 11.6 Å². The second-order valence-corrected chi connectivity index (χ2v) is 6.52. The van der Waals surface area contributed by atoms with Crippen LogP contribution in [0.2, 0.25) is 0 Å². The Balaban J connectivity index is 1.72. The number of rotatable bonds is 11. The highest BCUT2D eigenvalue weighted by Crippen LogP contribution is 2.31. The van der Waals surface area contributed by atoms with E-state index in [4.69, 9.17) is 9.47 Å². The highest BCUT2D eigenvalue weighted by molar-refractivity contribution is 5.79. The van der Waals surface area contributed by atoms with E-state index in [1.807, 2.05) is 0 Å². The lowest BCUT2D eigenvalue weighted by molar-refractivity contribution is 0.0702. The van der Waals surface area contributed by atoms with Crippen LogP contribution in [-0.4, -0.2) is 65.1 Å². The molecular weight excluding hydrogens is 328 g/mol. The van der Waals surface area contributed by atoms with Crippen LogP contribution in [0.5, 0.6) is 0 Å². The van der Waals surface area contributed by atoms with Crippen LogP contribution in [0.25, 0.3) is 0 Å². The molecule has 1 aromatic carbocycles. The minimum Gasteiger partial charge on any atom is -0.382 e. The van der Waals surface area contributed by atoms with Crippen LogP contribution in [0.1, 0.15) is 25.8 Å². The average Bonchev–Trinajstić information content (AvgIpc) is 2.96. The van der Waals surface area contributed by atoms with Gasteiger partial charge in [-0.2, -0.15) is 0 Å². The van der Waals surface area contributed by atoms with Crippen molar-refractivity contribution in [1.29, 1.82) is 0 Å². The van der Waals surface area contributed by atoms with Gasteiger partial charge in [-0.15, -0.1) is 0 Å². The second-order valence-electron chi connectivity index (χ2n) is 6.52. The molecule has 0 saturated carbocycles. The van der Waals surface area contributed by atoms with Gasteiger partial charge in [-0.25, -0.2) is 0 Å². The van der Waals surface area contributed by atoms with E-state index in [1.165, 1.54) is 11.3 Å². The average molecular weight is 363 g/mol. The molecule has 26 heavy (non-hydrogen) atoms. The summed E-state index contributed by atoms with van der Waals surface area (Å²) in [5.41, 5.74) is 2.82. The number of aliphatic imine (C=N–C) groups is 1. The van der Waals surface area contributed by atoms with E-state index in [1.54, 1.807) is 7.11 Å². The van der Waals surface area contributed by atoms with Gasteiger partial charge in [0.05, 0.1) is 13.2 Å². The van der Waals surface area contributed by atoms with E-state index < -0.39 is 0 Å². The van der Waals surface area contributed by atoms with Crippen LogP contribution in [0.15, 0.2) is 29.3 Å². The second kappa shape index (κ2) is 11.8. The summed E-state index contributed by atoms with van der Waals surface area (Å²) in [6, 6.07) is 9.26. The van der Waals surface area contributed by atoms with Crippen molar-refractivity contribution in [1.82, 2.24) is 10.6 Å². The van der Waals surface area contributed by atoms with Crippen molar-refractivity contribution in [2.75, 3.05) is 58.0 Å².